The van der Waals surface area contributed by atoms with Gasteiger partial charge in [-0.25, -0.2) is 13.4 Å². The van der Waals surface area contributed by atoms with Crippen molar-refractivity contribution in [2.45, 2.75) is 11.1 Å². The van der Waals surface area contributed by atoms with Crippen LogP contribution < -0.4 is 10.5 Å². The summed E-state index contributed by atoms with van der Waals surface area (Å²) < 4.78 is 63.2. The molecule has 2 aromatic rings. The highest BCUT2D eigenvalue weighted by Gasteiger charge is 2.32. The third kappa shape index (κ3) is 3.40. The number of anilines is 2. The topological polar surface area (TPSA) is 98.0 Å². The number of nitrogens with two attached hydrogens (primary N) is 1. The molecule has 0 bridgehead atoms. The first kappa shape index (κ1) is 15.0. The summed E-state index contributed by atoms with van der Waals surface area (Å²) in [5.41, 5.74) is 4.25. The Morgan fingerprint density at radius 1 is 1.14 bits per heavy atom. The van der Waals surface area contributed by atoms with Crippen molar-refractivity contribution in [1.29, 1.82) is 0 Å². The molecular weight excluding hydrogens is 309 g/mol. The van der Waals surface area contributed by atoms with Crippen molar-refractivity contribution < 1.29 is 21.6 Å². The third-order valence-electron chi connectivity index (χ3n) is 2.41. The SMILES string of the molecule is Nc1ccncc1S(=O)(=O)Nc1ccc(C(F)(F)F)nc1. The number of sulfonamides is 1. The first-order valence-corrected chi connectivity index (χ1v) is 6.94. The lowest BCUT2D eigenvalue weighted by Gasteiger charge is -2.10. The summed E-state index contributed by atoms with van der Waals surface area (Å²) in [6.45, 7) is 0. The molecule has 2 rings (SSSR count). The van der Waals surface area contributed by atoms with E-state index in [4.69, 9.17) is 5.73 Å². The minimum atomic E-state index is -4.59. The summed E-state index contributed by atoms with van der Waals surface area (Å²) in [6, 6.07) is 2.92. The van der Waals surface area contributed by atoms with Crippen molar-refractivity contribution in [2.75, 3.05) is 10.5 Å². The highest BCUT2D eigenvalue weighted by molar-refractivity contribution is 7.92. The van der Waals surface area contributed by atoms with E-state index in [1.165, 1.54) is 12.3 Å². The van der Waals surface area contributed by atoms with E-state index in [-0.39, 0.29) is 16.3 Å². The highest BCUT2D eigenvalue weighted by Crippen LogP contribution is 2.28. The number of pyridine rings is 2. The second kappa shape index (κ2) is 5.20. The molecule has 0 aliphatic rings. The van der Waals surface area contributed by atoms with Crippen LogP contribution in [-0.4, -0.2) is 18.4 Å². The van der Waals surface area contributed by atoms with Crippen molar-refractivity contribution in [3.8, 4) is 0 Å². The van der Waals surface area contributed by atoms with Gasteiger partial charge in [-0.15, -0.1) is 0 Å². The van der Waals surface area contributed by atoms with E-state index in [1.807, 2.05) is 0 Å². The molecule has 0 saturated heterocycles. The Kier molecular flexibility index (Phi) is 3.73. The molecule has 0 atom stereocenters. The Labute approximate surface area is 117 Å². The van der Waals surface area contributed by atoms with Gasteiger partial charge in [0.05, 0.1) is 17.6 Å². The fourth-order valence-corrected chi connectivity index (χ4v) is 2.57. The minimum absolute atomic E-state index is 0.0302. The quantitative estimate of drug-likeness (QED) is 0.900. The second-order valence-corrected chi connectivity index (χ2v) is 5.60. The van der Waals surface area contributed by atoms with E-state index in [2.05, 4.69) is 14.7 Å². The predicted molar refractivity (Wildman–Crippen MR) is 68.7 cm³/mol. The van der Waals surface area contributed by atoms with Crippen LogP contribution in [0.15, 0.2) is 41.7 Å². The van der Waals surface area contributed by atoms with Gasteiger partial charge in [0.25, 0.3) is 10.0 Å². The zero-order chi connectivity index (χ0) is 15.7. The van der Waals surface area contributed by atoms with E-state index in [9.17, 15) is 21.6 Å². The number of nitrogens with one attached hydrogen (secondary N) is 1. The number of nitrogens with zero attached hydrogens (tertiary/aromatic N) is 2. The van der Waals surface area contributed by atoms with Crippen LogP contribution in [0.1, 0.15) is 5.69 Å². The van der Waals surface area contributed by atoms with Gasteiger partial charge in [0.1, 0.15) is 10.6 Å². The first-order valence-electron chi connectivity index (χ1n) is 5.46. The summed E-state index contributed by atoms with van der Waals surface area (Å²) in [6.07, 6.45) is -1.47. The van der Waals surface area contributed by atoms with Crippen molar-refractivity contribution in [1.82, 2.24) is 9.97 Å². The van der Waals surface area contributed by atoms with Gasteiger partial charge < -0.3 is 5.73 Å². The molecule has 6 nitrogen and oxygen atoms in total. The van der Waals surface area contributed by atoms with Crippen LogP contribution in [0.2, 0.25) is 0 Å². The summed E-state index contributed by atoms with van der Waals surface area (Å²) in [7, 11) is -4.05. The monoisotopic (exact) mass is 318 g/mol. The van der Waals surface area contributed by atoms with Crippen LogP contribution in [0.5, 0.6) is 0 Å². The van der Waals surface area contributed by atoms with E-state index < -0.39 is 21.9 Å². The molecule has 0 spiro atoms. The number of hydrogen-bond acceptors (Lipinski definition) is 5. The van der Waals surface area contributed by atoms with E-state index in [0.29, 0.717) is 6.07 Å². The fraction of sp³-hybridized carbons (Fsp3) is 0.0909. The molecule has 2 heterocycles. The molecule has 0 radical (unpaired) electrons. The normalized spacial score (nSPS) is 12.1. The van der Waals surface area contributed by atoms with Crippen molar-refractivity contribution >= 4 is 21.4 Å². The fourth-order valence-electron chi connectivity index (χ4n) is 1.45. The van der Waals surface area contributed by atoms with Gasteiger partial charge in [-0.05, 0) is 18.2 Å². The predicted octanol–water partition coefficient (Wildman–Crippen LogP) is 1.88. The summed E-state index contributed by atoms with van der Waals surface area (Å²) in [5, 5.41) is 0. The van der Waals surface area contributed by atoms with Crippen molar-refractivity contribution in [3.63, 3.8) is 0 Å². The molecular formula is C11H9F3N4O2S. The average Bonchev–Trinajstić information content (AvgIpc) is 2.38. The second-order valence-electron chi connectivity index (χ2n) is 3.95. The molecule has 3 N–H and O–H groups in total. The number of alkyl halides is 3. The zero-order valence-corrected chi connectivity index (χ0v) is 11.1. The number of rotatable bonds is 3. The Balaban J connectivity index is 2.28. The number of nitrogen functional groups attached to an aromatic ring is 1. The van der Waals surface area contributed by atoms with Crippen LogP contribution in [-0.2, 0) is 16.2 Å². The molecule has 0 saturated carbocycles. The standard InChI is InChI=1S/C11H9F3N4O2S/c12-11(13,14)10-2-1-7(5-17-10)18-21(19,20)9-6-16-4-3-8(9)15/h1-6,18H,(H2,15,16). The zero-order valence-electron chi connectivity index (χ0n) is 10.3. The maximum Gasteiger partial charge on any atom is 0.433 e. The molecule has 0 unspecified atom stereocenters. The number of aromatic nitrogens is 2. The van der Waals surface area contributed by atoms with Gasteiger partial charge in [-0.3, -0.25) is 9.71 Å². The molecule has 0 amide bonds. The Hall–Kier alpha value is -2.36. The number of halogens is 3. The lowest BCUT2D eigenvalue weighted by Crippen LogP contribution is -2.16. The van der Waals surface area contributed by atoms with Gasteiger partial charge in [-0.2, -0.15) is 13.2 Å². The molecule has 0 aliphatic carbocycles. The van der Waals surface area contributed by atoms with Crippen LogP contribution in [0.3, 0.4) is 0 Å². The van der Waals surface area contributed by atoms with Crippen LogP contribution in [0.4, 0.5) is 24.5 Å². The van der Waals surface area contributed by atoms with Crippen molar-refractivity contribution in [3.05, 3.63) is 42.5 Å². The molecule has 10 heteroatoms. The summed E-state index contributed by atoms with van der Waals surface area (Å²) in [5.74, 6) is 0. The van der Waals surface area contributed by atoms with E-state index in [0.717, 1.165) is 18.5 Å². The molecule has 0 aromatic carbocycles. The van der Waals surface area contributed by atoms with Gasteiger partial charge in [0.2, 0.25) is 0 Å². The maximum absolute atomic E-state index is 12.3. The Bertz CT molecular complexity index is 745. The summed E-state index contributed by atoms with van der Waals surface area (Å²) >= 11 is 0. The van der Waals surface area contributed by atoms with Crippen LogP contribution in [0, 0.1) is 0 Å². The smallest absolute Gasteiger partial charge is 0.398 e. The molecule has 0 fully saturated rings. The van der Waals surface area contributed by atoms with Crippen LogP contribution in [0.25, 0.3) is 0 Å². The lowest BCUT2D eigenvalue weighted by atomic mass is 10.3. The van der Waals surface area contributed by atoms with Gasteiger partial charge in [0, 0.05) is 12.4 Å². The molecule has 2 aromatic heterocycles. The maximum atomic E-state index is 12.3. The van der Waals surface area contributed by atoms with Gasteiger partial charge in [-0.1, -0.05) is 0 Å². The van der Waals surface area contributed by atoms with E-state index in [1.54, 1.807) is 0 Å². The minimum Gasteiger partial charge on any atom is -0.398 e. The molecule has 112 valence electrons. The highest BCUT2D eigenvalue weighted by atomic mass is 32.2. The average molecular weight is 318 g/mol. The lowest BCUT2D eigenvalue weighted by molar-refractivity contribution is -0.141. The number of hydrogen-bond donors (Lipinski definition) is 2. The summed E-state index contributed by atoms with van der Waals surface area (Å²) in [4.78, 5) is 6.51. The molecule has 21 heavy (non-hydrogen) atoms. The van der Waals surface area contributed by atoms with Gasteiger partial charge >= 0.3 is 6.18 Å². The first-order chi connectivity index (χ1) is 9.70. The van der Waals surface area contributed by atoms with Crippen molar-refractivity contribution in [2.24, 2.45) is 0 Å². The van der Waals surface area contributed by atoms with Crippen LogP contribution >= 0.6 is 0 Å². The van der Waals surface area contributed by atoms with E-state index >= 15 is 0 Å². The Morgan fingerprint density at radius 2 is 1.86 bits per heavy atom. The van der Waals surface area contributed by atoms with Gasteiger partial charge in [0.15, 0.2) is 0 Å². The molecule has 0 aliphatic heterocycles. The Morgan fingerprint density at radius 3 is 2.38 bits per heavy atom. The largest absolute Gasteiger partial charge is 0.433 e. The third-order valence-corrected chi connectivity index (χ3v) is 3.84.